The number of nitrogens with zero attached hydrogens (tertiary/aromatic N) is 4. The molecule has 0 amide bonds. The first-order chi connectivity index (χ1) is 13.7. The Morgan fingerprint density at radius 2 is 1.54 bits per heavy atom. The van der Waals surface area contributed by atoms with Crippen molar-refractivity contribution < 1.29 is 4.92 Å². The van der Waals surface area contributed by atoms with E-state index in [1.54, 1.807) is 18.2 Å². The third-order valence-corrected chi connectivity index (χ3v) is 5.29. The number of hydrogen-bond donors (Lipinski definition) is 0. The predicted molar refractivity (Wildman–Crippen MR) is 108 cm³/mol. The second-order valence-electron chi connectivity index (χ2n) is 6.91. The lowest BCUT2D eigenvalue weighted by Crippen LogP contribution is -2.28. The molecule has 2 heterocycles. The van der Waals surface area contributed by atoms with Crippen molar-refractivity contribution >= 4 is 22.7 Å². The van der Waals surface area contributed by atoms with Crippen LogP contribution in [0.15, 0.2) is 78.9 Å². The number of anilines is 1. The van der Waals surface area contributed by atoms with Gasteiger partial charge in [0.2, 0.25) is 5.95 Å². The SMILES string of the molecule is O=[N+]([O-])c1ccc2c(c1)nc1n2CCN1C(c1ccccc1)c1ccccc1. The predicted octanol–water partition coefficient (Wildman–Crippen LogP) is 4.55. The highest BCUT2D eigenvalue weighted by Gasteiger charge is 2.31. The summed E-state index contributed by atoms with van der Waals surface area (Å²) in [6.07, 6.45) is 0. The second kappa shape index (κ2) is 6.49. The van der Waals surface area contributed by atoms with Gasteiger partial charge in [-0.15, -0.1) is 0 Å². The van der Waals surface area contributed by atoms with Gasteiger partial charge in [0.1, 0.15) is 0 Å². The van der Waals surface area contributed by atoms with E-state index in [1.165, 1.54) is 11.1 Å². The first-order valence-electron chi connectivity index (χ1n) is 9.23. The van der Waals surface area contributed by atoms with E-state index in [0.29, 0.717) is 5.52 Å². The van der Waals surface area contributed by atoms with Crippen LogP contribution < -0.4 is 4.90 Å². The van der Waals surface area contributed by atoms with Gasteiger partial charge in [-0.3, -0.25) is 10.1 Å². The Bertz CT molecular complexity index is 1120. The highest BCUT2D eigenvalue weighted by atomic mass is 16.6. The van der Waals surface area contributed by atoms with E-state index in [4.69, 9.17) is 4.98 Å². The van der Waals surface area contributed by atoms with E-state index in [9.17, 15) is 10.1 Å². The molecule has 3 aromatic carbocycles. The van der Waals surface area contributed by atoms with Gasteiger partial charge in [-0.2, -0.15) is 0 Å². The molecular weight excluding hydrogens is 352 g/mol. The fourth-order valence-corrected chi connectivity index (χ4v) is 4.03. The van der Waals surface area contributed by atoms with Crippen LogP contribution in [0, 0.1) is 10.1 Å². The van der Waals surface area contributed by atoms with Crippen LogP contribution >= 0.6 is 0 Å². The number of aromatic nitrogens is 2. The molecule has 0 atom stereocenters. The zero-order chi connectivity index (χ0) is 19.1. The second-order valence-corrected chi connectivity index (χ2v) is 6.91. The smallest absolute Gasteiger partial charge is 0.271 e. The fraction of sp³-hybridized carbons (Fsp3) is 0.136. The molecule has 138 valence electrons. The van der Waals surface area contributed by atoms with Gasteiger partial charge in [-0.1, -0.05) is 60.7 Å². The Kier molecular flexibility index (Phi) is 3.83. The van der Waals surface area contributed by atoms with Gasteiger partial charge in [-0.05, 0) is 17.2 Å². The van der Waals surface area contributed by atoms with Crippen molar-refractivity contribution in [2.24, 2.45) is 0 Å². The molecule has 1 aromatic heterocycles. The third kappa shape index (κ3) is 2.62. The molecule has 6 heteroatoms. The van der Waals surface area contributed by atoms with Crippen molar-refractivity contribution in [2.45, 2.75) is 12.6 Å². The monoisotopic (exact) mass is 370 g/mol. The minimum absolute atomic E-state index is 0.0375. The molecule has 1 aliphatic heterocycles. The summed E-state index contributed by atoms with van der Waals surface area (Å²) in [5.74, 6) is 0.855. The third-order valence-electron chi connectivity index (χ3n) is 5.29. The normalized spacial score (nSPS) is 13.2. The molecule has 0 spiro atoms. The molecule has 4 aromatic rings. The number of rotatable bonds is 4. The number of hydrogen-bond acceptors (Lipinski definition) is 4. The fourth-order valence-electron chi connectivity index (χ4n) is 4.03. The summed E-state index contributed by atoms with van der Waals surface area (Å²) >= 11 is 0. The van der Waals surface area contributed by atoms with E-state index in [1.807, 2.05) is 36.4 Å². The highest BCUT2D eigenvalue weighted by molar-refractivity contribution is 5.82. The Morgan fingerprint density at radius 3 is 2.14 bits per heavy atom. The lowest BCUT2D eigenvalue weighted by Gasteiger charge is -2.29. The molecule has 6 nitrogen and oxygen atoms in total. The van der Waals surface area contributed by atoms with Crippen LogP contribution in [-0.4, -0.2) is 21.0 Å². The molecule has 0 radical (unpaired) electrons. The van der Waals surface area contributed by atoms with Crippen molar-refractivity contribution in [1.29, 1.82) is 0 Å². The largest absolute Gasteiger partial charge is 0.329 e. The summed E-state index contributed by atoms with van der Waals surface area (Å²) in [6, 6.07) is 25.7. The van der Waals surface area contributed by atoms with Crippen LogP contribution in [0.3, 0.4) is 0 Å². The van der Waals surface area contributed by atoms with Gasteiger partial charge in [0.05, 0.1) is 22.0 Å². The zero-order valence-electron chi connectivity index (χ0n) is 15.1. The van der Waals surface area contributed by atoms with E-state index >= 15 is 0 Å². The molecule has 0 unspecified atom stereocenters. The molecule has 0 bridgehead atoms. The van der Waals surface area contributed by atoms with Crippen LogP contribution in [0.5, 0.6) is 0 Å². The number of fused-ring (bicyclic) bond motifs is 3. The van der Waals surface area contributed by atoms with Crippen LogP contribution in [0.1, 0.15) is 17.2 Å². The maximum absolute atomic E-state index is 11.1. The lowest BCUT2D eigenvalue weighted by atomic mass is 9.97. The Hall–Kier alpha value is -3.67. The number of benzene rings is 3. The lowest BCUT2D eigenvalue weighted by molar-refractivity contribution is -0.384. The van der Waals surface area contributed by atoms with Gasteiger partial charge in [0.25, 0.3) is 5.69 Å². The Balaban J connectivity index is 1.65. The van der Waals surface area contributed by atoms with Gasteiger partial charge in [0, 0.05) is 25.2 Å². The number of non-ortho nitro benzene ring substituents is 1. The zero-order valence-corrected chi connectivity index (χ0v) is 15.1. The minimum Gasteiger partial charge on any atom is -0.329 e. The number of imidazole rings is 1. The molecule has 1 aliphatic rings. The highest BCUT2D eigenvalue weighted by Crippen LogP contribution is 2.37. The molecule has 0 saturated heterocycles. The van der Waals surface area contributed by atoms with E-state index in [2.05, 4.69) is 33.7 Å². The number of nitro benzene ring substituents is 1. The first kappa shape index (κ1) is 16.5. The quantitative estimate of drug-likeness (QED) is 0.390. The first-order valence-corrected chi connectivity index (χ1v) is 9.23. The van der Waals surface area contributed by atoms with Crippen molar-refractivity contribution in [2.75, 3.05) is 11.4 Å². The number of nitro groups is 1. The van der Waals surface area contributed by atoms with E-state index < -0.39 is 0 Å². The average Bonchev–Trinajstić information content (AvgIpc) is 3.29. The Labute approximate surface area is 161 Å². The molecular formula is C22H18N4O2. The maximum atomic E-state index is 11.1. The Morgan fingerprint density at radius 1 is 0.893 bits per heavy atom. The summed E-state index contributed by atoms with van der Waals surface area (Å²) < 4.78 is 2.15. The summed E-state index contributed by atoms with van der Waals surface area (Å²) in [4.78, 5) is 17.8. The molecule has 5 rings (SSSR count). The van der Waals surface area contributed by atoms with E-state index in [0.717, 1.165) is 24.6 Å². The van der Waals surface area contributed by atoms with Crippen molar-refractivity contribution in [1.82, 2.24) is 9.55 Å². The van der Waals surface area contributed by atoms with Gasteiger partial charge >= 0.3 is 0 Å². The summed E-state index contributed by atoms with van der Waals surface area (Å²) in [7, 11) is 0. The molecule has 0 N–H and O–H groups in total. The molecule has 0 aliphatic carbocycles. The van der Waals surface area contributed by atoms with Gasteiger partial charge in [0.15, 0.2) is 0 Å². The van der Waals surface area contributed by atoms with Crippen LogP contribution in [0.25, 0.3) is 11.0 Å². The van der Waals surface area contributed by atoms with Gasteiger partial charge in [-0.25, -0.2) is 4.98 Å². The van der Waals surface area contributed by atoms with Crippen LogP contribution in [0.2, 0.25) is 0 Å². The van der Waals surface area contributed by atoms with Gasteiger partial charge < -0.3 is 9.47 Å². The van der Waals surface area contributed by atoms with Crippen molar-refractivity contribution in [3.05, 3.63) is 100 Å². The average molecular weight is 370 g/mol. The van der Waals surface area contributed by atoms with Crippen LogP contribution in [0.4, 0.5) is 11.6 Å². The summed E-state index contributed by atoms with van der Waals surface area (Å²) in [6.45, 7) is 1.64. The standard InChI is InChI=1S/C22H18N4O2/c27-26(28)18-11-12-20-19(15-18)23-22-24(20)13-14-25(22)21(16-7-3-1-4-8-16)17-9-5-2-6-10-17/h1-12,15,21H,13-14H2. The maximum Gasteiger partial charge on any atom is 0.271 e. The molecule has 28 heavy (non-hydrogen) atoms. The van der Waals surface area contributed by atoms with E-state index in [-0.39, 0.29) is 16.7 Å². The molecule has 0 fully saturated rings. The van der Waals surface area contributed by atoms with Crippen molar-refractivity contribution in [3.8, 4) is 0 Å². The van der Waals surface area contributed by atoms with Crippen LogP contribution in [-0.2, 0) is 6.54 Å². The van der Waals surface area contributed by atoms with Crippen molar-refractivity contribution in [3.63, 3.8) is 0 Å². The minimum atomic E-state index is -0.377. The summed E-state index contributed by atoms with van der Waals surface area (Å²) in [5.41, 5.74) is 4.05. The topological polar surface area (TPSA) is 64.2 Å². The molecule has 0 saturated carbocycles. The summed E-state index contributed by atoms with van der Waals surface area (Å²) in [5, 5.41) is 11.1.